The van der Waals surface area contributed by atoms with Crippen molar-refractivity contribution in [2.75, 3.05) is 5.32 Å². The topological polar surface area (TPSA) is 92.3 Å². The second-order valence-corrected chi connectivity index (χ2v) is 9.72. The number of benzene rings is 1. The number of carbonyl (C=O) groups excluding carboxylic acids is 4. The molecule has 2 amide bonds. The zero-order valence-electron chi connectivity index (χ0n) is 18.2. The molecular weight excluding hydrogens is 487 g/mol. The smallest absolute Gasteiger partial charge is 0.342 e. The fourth-order valence-corrected chi connectivity index (χ4v) is 4.72. The molecule has 1 aromatic carbocycles. The van der Waals surface area contributed by atoms with Crippen LogP contribution in [0.15, 0.2) is 18.2 Å². The Hall–Kier alpha value is -2.56. The summed E-state index contributed by atoms with van der Waals surface area (Å²) in [5.74, 6) is -6.81. The number of anilines is 1. The number of amides is 2. The van der Waals surface area contributed by atoms with Gasteiger partial charge in [0.15, 0.2) is 5.78 Å². The molecule has 3 fully saturated rings. The molecule has 0 aliphatic heterocycles. The monoisotopic (exact) mass is 508 g/mol. The van der Waals surface area contributed by atoms with E-state index in [0.717, 1.165) is 13.0 Å². The van der Waals surface area contributed by atoms with Crippen LogP contribution in [-0.4, -0.2) is 41.5 Å². The quantitative estimate of drug-likeness (QED) is 0.373. The fourth-order valence-electron chi connectivity index (χ4n) is 4.55. The number of ketones is 2. The first kappa shape index (κ1) is 26.1. The summed E-state index contributed by atoms with van der Waals surface area (Å²) in [5.41, 5.74) is -3.33. The predicted octanol–water partition coefficient (Wildman–Crippen LogP) is 4.70. The molecule has 1 atom stereocenters. The molecule has 0 aromatic heterocycles. The first-order chi connectivity index (χ1) is 15.5. The molecule has 0 heterocycles. The Morgan fingerprint density at radius 2 is 1.68 bits per heavy atom. The van der Waals surface area contributed by atoms with Crippen LogP contribution in [-0.2, 0) is 14.4 Å². The number of halogens is 6. The van der Waals surface area contributed by atoms with E-state index < -0.39 is 65.2 Å². The van der Waals surface area contributed by atoms with E-state index in [2.05, 4.69) is 10.6 Å². The largest absolute Gasteiger partial charge is 0.394 e. The molecule has 1 aromatic rings. The van der Waals surface area contributed by atoms with Gasteiger partial charge in [0.25, 0.3) is 5.91 Å². The van der Waals surface area contributed by atoms with E-state index in [1.165, 1.54) is 12.1 Å². The third kappa shape index (κ3) is 4.94. The lowest BCUT2D eigenvalue weighted by atomic mass is 9.34. The Morgan fingerprint density at radius 3 is 2.18 bits per heavy atom. The predicted molar refractivity (Wildman–Crippen MR) is 112 cm³/mol. The zero-order valence-corrected chi connectivity index (χ0v) is 19.0. The highest BCUT2D eigenvalue weighted by Gasteiger charge is 2.80. The summed E-state index contributed by atoms with van der Waals surface area (Å²) in [6.07, 6.45) is -6.72. The van der Waals surface area contributed by atoms with Gasteiger partial charge in [-0.1, -0.05) is 11.6 Å². The summed E-state index contributed by atoms with van der Waals surface area (Å²) >= 11 is 5.93. The van der Waals surface area contributed by atoms with Crippen molar-refractivity contribution in [2.45, 2.75) is 64.1 Å². The summed E-state index contributed by atoms with van der Waals surface area (Å²) in [7, 11) is 0. The van der Waals surface area contributed by atoms with Gasteiger partial charge in [-0.15, -0.1) is 0 Å². The maximum atomic E-state index is 13.3. The Balaban J connectivity index is 1.76. The Bertz CT molecular complexity index is 1030. The molecule has 186 valence electrons. The Labute approximate surface area is 196 Å². The lowest BCUT2D eigenvalue weighted by Gasteiger charge is -2.69. The lowest BCUT2D eigenvalue weighted by molar-refractivity contribution is -0.349. The molecule has 3 saturated carbocycles. The fraction of sp³-hybridized carbons (Fsp3) is 0.545. The summed E-state index contributed by atoms with van der Waals surface area (Å²) < 4.78 is 65.8. The summed E-state index contributed by atoms with van der Waals surface area (Å²) in [6, 6.07) is 2.21. The van der Waals surface area contributed by atoms with Gasteiger partial charge in [0.05, 0.1) is 28.1 Å². The molecule has 3 aliphatic rings. The molecule has 2 bridgehead atoms. The molecule has 2 N–H and O–H groups in total. The van der Waals surface area contributed by atoms with Crippen LogP contribution in [0.3, 0.4) is 0 Å². The minimum absolute atomic E-state index is 0.0687. The number of Topliss-reactive ketones (excluding diaryl/α,β-unsaturated/α-hetero) is 2. The van der Waals surface area contributed by atoms with Gasteiger partial charge >= 0.3 is 6.18 Å². The minimum Gasteiger partial charge on any atom is -0.342 e. The van der Waals surface area contributed by atoms with Crippen molar-refractivity contribution >= 4 is 40.7 Å². The van der Waals surface area contributed by atoms with Gasteiger partial charge in [-0.3, -0.25) is 19.2 Å². The van der Waals surface area contributed by atoms with Crippen molar-refractivity contribution in [2.24, 2.45) is 10.8 Å². The molecule has 0 radical (unpaired) electrons. The van der Waals surface area contributed by atoms with Crippen molar-refractivity contribution in [1.29, 1.82) is 0 Å². The van der Waals surface area contributed by atoms with E-state index in [4.69, 9.17) is 11.6 Å². The van der Waals surface area contributed by atoms with Crippen molar-refractivity contribution in [3.05, 3.63) is 28.8 Å². The minimum atomic E-state index is -4.39. The highest BCUT2D eigenvalue weighted by molar-refractivity contribution is 6.38. The highest BCUT2D eigenvalue weighted by Crippen LogP contribution is 2.78. The Morgan fingerprint density at radius 1 is 1.09 bits per heavy atom. The van der Waals surface area contributed by atoms with Crippen molar-refractivity contribution in [3.63, 3.8) is 0 Å². The second kappa shape index (κ2) is 8.58. The van der Waals surface area contributed by atoms with Gasteiger partial charge in [-0.25, -0.2) is 8.78 Å². The molecule has 0 unspecified atom stereocenters. The molecule has 12 heteroatoms. The molecule has 6 nitrogen and oxygen atoms in total. The van der Waals surface area contributed by atoms with Gasteiger partial charge in [0, 0.05) is 18.4 Å². The first-order valence-corrected chi connectivity index (χ1v) is 10.8. The van der Waals surface area contributed by atoms with Crippen molar-refractivity contribution in [1.82, 2.24) is 5.32 Å². The van der Waals surface area contributed by atoms with Crippen LogP contribution in [0.25, 0.3) is 0 Å². The number of hydrogen-bond acceptors (Lipinski definition) is 4. The molecule has 0 spiro atoms. The third-order valence-corrected chi connectivity index (χ3v) is 6.66. The average molecular weight is 509 g/mol. The van der Waals surface area contributed by atoms with E-state index >= 15 is 0 Å². The normalized spacial score (nSPS) is 24.4. The number of carbonyl (C=O) groups is 4. The van der Waals surface area contributed by atoms with E-state index in [9.17, 15) is 41.1 Å². The summed E-state index contributed by atoms with van der Waals surface area (Å²) in [4.78, 5) is 49.2. The maximum absolute atomic E-state index is 13.3. The van der Waals surface area contributed by atoms with Gasteiger partial charge < -0.3 is 10.6 Å². The van der Waals surface area contributed by atoms with E-state index in [0.29, 0.717) is 6.92 Å². The molecule has 4 rings (SSSR count). The van der Waals surface area contributed by atoms with Gasteiger partial charge in [-0.05, 0) is 50.8 Å². The van der Waals surface area contributed by atoms with Crippen LogP contribution in [0, 0.1) is 10.8 Å². The average Bonchev–Trinajstić information content (AvgIpc) is 2.61. The van der Waals surface area contributed by atoms with Crippen molar-refractivity contribution < 1.29 is 41.1 Å². The van der Waals surface area contributed by atoms with Gasteiger partial charge in [0.1, 0.15) is 0 Å². The van der Waals surface area contributed by atoms with Crippen LogP contribution >= 0.6 is 11.6 Å². The van der Waals surface area contributed by atoms with E-state index in [1.54, 1.807) is 0 Å². The second-order valence-electron chi connectivity index (χ2n) is 9.29. The van der Waals surface area contributed by atoms with Crippen LogP contribution in [0.1, 0.15) is 56.3 Å². The number of alkyl halides is 5. The molecule has 34 heavy (non-hydrogen) atoms. The zero-order chi connectivity index (χ0) is 25.7. The molecule has 0 saturated heterocycles. The van der Waals surface area contributed by atoms with Crippen LogP contribution in [0.4, 0.5) is 27.6 Å². The van der Waals surface area contributed by atoms with E-state index in [-0.39, 0.29) is 35.5 Å². The lowest BCUT2D eigenvalue weighted by Crippen LogP contribution is -2.71. The number of rotatable bonds is 9. The standard InChI is InChI=1S/C22H22ClF5N2O4/c1-11(31)16(32)15(5-6-19(2,24)25)29-17(33)13-7-12(23)3-4-14(13)30-18(34)20-8-21(9-20,10-20)22(26,27)28/h3-4,7,15H,5-6,8-10H2,1-2H3,(H,29,33)(H,30,34)/t15-,20?,21?/m0/s1. The van der Waals surface area contributed by atoms with E-state index in [1.807, 2.05) is 0 Å². The van der Waals surface area contributed by atoms with Crippen LogP contribution in [0.5, 0.6) is 0 Å². The van der Waals surface area contributed by atoms with Crippen molar-refractivity contribution in [3.8, 4) is 0 Å². The molecule has 3 aliphatic carbocycles. The highest BCUT2D eigenvalue weighted by atomic mass is 35.5. The van der Waals surface area contributed by atoms with Crippen LogP contribution in [0.2, 0.25) is 5.02 Å². The summed E-state index contributed by atoms with van der Waals surface area (Å²) in [5, 5.41) is 4.75. The van der Waals surface area contributed by atoms with Crippen LogP contribution < -0.4 is 10.6 Å². The SMILES string of the molecule is CC(=O)C(=O)[C@H](CCC(C)(F)F)NC(=O)c1cc(Cl)ccc1NC(=O)C12CC(C(F)(F)F)(C1)C2. The maximum Gasteiger partial charge on any atom is 0.394 e. The van der Waals surface area contributed by atoms with Gasteiger partial charge in [-0.2, -0.15) is 13.2 Å². The summed E-state index contributed by atoms with van der Waals surface area (Å²) in [6.45, 7) is 1.57. The first-order valence-electron chi connectivity index (χ1n) is 10.4. The Kier molecular flexibility index (Phi) is 6.58. The third-order valence-electron chi connectivity index (χ3n) is 6.43. The number of nitrogens with one attached hydrogen (secondary N) is 2. The number of hydrogen-bond donors (Lipinski definition) is 2. The van der Waals surface area contributed by atoms with Gasteiger partial charge in [0.2, 0.25) is 17.6 Å². The molecular formula is C22H22ClF5N2O4.